The van der Waals surface area contributed by atoms with Crippen molar-refractivity contribution in [2.24, 2.45) is 10.7 Å². The van der Waals surface area contributed by atoms with Crippen LogP contribution in [0.2, 0.25) is 0 Å². The van der Waals surface area contributed by atoms with Crippen LogP contribution in [0.5, 0.6) is 0 Å². The van der Waals surface area contributed by atoms with Gasteiger partial charge in [-0.2, -0.15) is 13.2 Å². The highest BCUT2D eigenvalue weighted by atomic mass is 19.4. The molecule has 17 heavy (non-hydrogen) atoms. The van der Waals surface area contributed by atoms with Crippen molar-refractivity contribution in [2.75, 3.05) is 13.2 Å². The van der Waals surface area contributed by atoms with E-state index in [1.165, 1.54) is 18.2 Å². The minimum atomic E-state index is -4.41. The topological polar surface area (TPSA) is 47.6 Å². The highest BCUT2D eigenvalue weighted by Gasteiger charge is 2.35. The monoisotopic (exact) mass is 244 g/mol. The number of rotatable bonds is 2. The molecule has 0 saturated carbocycles. The maximum absolute atomic E-state index is 12.7. The van der Waals surface area contributed by atoms with E-state index in [1.54, 1.807) is 0 Å². The van der Waals surface area contributed by atoms with Crippen molar-refractivity contribution in [1.29, 1.82) is 0 Å². The molecule has 0 fully saturated rings. The van der Waals surface area contributed by atoms with Gasteiger partial charge in [0.1, 0.15) is 12.6 Å². The Balaban J connectivity index is 2.40. The summed E-state index contributed by atoms with van der Waals surface area (Å²) in [6.07, 6.45) is -4.41. The maximum atomic E-state index is 12.7. The minimum Gasteiger partial charge on any atom is -0.475 e. The summed E-state index contributed by atoms with van der Waals surface area (Å²) in [5, 5.41) is 0. The average molecular weight is 244 g/mol. The maximum Gasteiger partial charge on any atom is 0.417 e. The summed E-state index contributed by atoms with van der Waals surface area (Å²) in [5.74, 6) is 0.0216. The molecular weight excluding hydrogens is 233 g/mol. The normalized spacial score (nSPS) is 20.0. The summed E-state index contributed by atoms with van der Waals surface area (Å²) in [5.41, 5.74) is 4.62. The van der Waals surface area contributed by atoms with Crippen LogP contribution in [0.1, 0.15) is 11.1 Å². The summed E-state index contributed by atoms with van der Waals surface area (Å²) in [6, 6.07) is 4.96. The van der Waals surface area contributed by atoms with Gasteiger partial charge in [-0.15, -0.1) is 0 Å². The van der Waals surface area contributed by atoms with Crippen LogP contribution in [0.25, 0.3) is 0 Å². The Hall–Kier alpha value is -1.56. The fourth-order valence-electron chi connectivity index (χ4n) is 1.60. The van der Waals surface area contributed by atoms with Crippen molar-refractivity contribution >= 4 is 5.90 Å². The van der Waals surface area contributed by atoms with Crippen LogP contribution in [0.3, 0.4) is 0 Å². The largest absolute Gasteiger partial charge is 0.475 e. The lowest BCUT2D eigenvalue weighted by atomic mass is 10.1. The van der Waals surface area contributed by atoms with Crippen LogP contribution >= 0.6 is 0 Å². The summed E-state index contributed by atoms with van der Waals surface area (Å²) < 4.78 is 43.4. The van der Waals surface area contributed by atoms with Gasteiger partial charge in [-0.1, -0.05) is 12.1 Å². The molecule has 1 aromatic rings. The van der Waals surface area contributed by atoms with Crippen molar-refractivity contribution < 1.29 is 17.9 Å². The molecule has 2 N–H and O–H groups in total. The third-order valence-corrected chi connectivity index (χ3v) is 2.45. The molecule has 1 aromatic carbocycles. The van der Waals surface area contributed by atoms with Crippen LogP contribution in [-0.2, 0) is 10.9 Å². The Kier molecular flexibility index (Phi) is 3.06. The van der Waals surface area contributed by atoms with E-state index in [0.29, 0.717) is 0 Å². The number of halogens is 3. The van der Waals surface area contributed by atoms with Crippen LogP contribution in [0, 0.1) is 0 Å². The van der Waals surface area contributed by atoms with Crippen LogP contribution in [-0.4, -0.2) is 25.1 Å². The predicted octanol–water partition coefficient (Wildman–Crippen LogP) is 1.81. The number of hydrogen-bond acceptors (Lipinski definition) is 3. The third-order valence-electron chi connectivity index (χ3n) is 2.45. The van der Waals surface area contributed by atoms with Crippen molar-refractivity contribution in [1.82, 2.24) is 0 Å². The molecule has 0 amide bonds. The first-order valence-corrected chi connectivity index (χ1v) is 5.09. The first-order chi connectivity index (χ1) is 8.02. The Morgan fingerprint density at radius 2 is 2.06 bits per heavy atom. The van der Waals surface area contributed by atoms with E-state index < -0.39 is 11.7 Å². The zero-order valence-corrected chi connectivity index (χ0v) is 8.87. The molecule has 2 rings (SSSR count). The minimum absolute atomic E-state index is 0.0216. The van der Waals surface area contributed by atoms with Gasteiger partial charge in [0.15, 0.2) is 0 Å². The highest BCUT2D eigenvalue weighted by Crippen LogP contribution is 2.32. The van der Waals surface area contributed by atoms with Gasteiger partial charge in [-0.25, -0.2) is 4.99 Å². The second-order valence-corrected chi connectivity index (χ2v) is 3.68. The summed E-state index contributed by atoms with van der Waals surface area (Å²) in [7, 11) is 0. The van der Waals surface area contributed by atoms with E-state index >= 15 is 0 Å². The van der Waals surface area contributed by atoms with Crippen molar-refractivity contribution in [3.05, 3.63) is 35.4 Å². The Morgan fingerprint density at radius 3 is 2.65 bits per heavy atom. The quantitative estimate of drug-likeness (QED) is 0.862. The molecule has 0 bridgehead atoms. The number of nitrogens with zero attached hydrogens (tertiary/aromatic N) is 1. The fraction of sp³-hybridized carbons (Fsp3) is 0.364. The molecule has 0 saturated heterocycles. The van der Waals surface area contributed by atoms with E-state index in [0.717, 1.165) is 6.07 Å². The van der Waals surface area contributed by atoms with E-state index in [2.05, 4.69) is 4.99 Å². The molecule has 0 radical (unpaired) electrons. The molecule has 6 heteroatoms. The van der Waals surface area contributed by atoms with Crippen LogP contribution in [0.15, 0.2) is 29.3 Å². The average Bonchev–Trinajstić information content (AvgIpc) is 2.76. The van der Waals surface area contributed by atoms with Crippen molar-refractivity contribution in [2.45, 2.75) is 12.2 Å². The SMILES string of the molecule is NCC1COC(c2ccccc2C(F)(F)F)=N1. The van der Waals surface area contributed by atoms with E-state index in [-0.39, 0.29) is 30.7 Å². The predicted molar refractivity (Wildman–Crippen MR) is 56.8 cm³/mol. The van der Waals surface area contributed by atoms with Crippen molar-refractivity contribution in [3.8, 4) is 0 Å². The Morgan fingerprint density at radius 1 is 1.35 bits per heavy atom. The van der Waals surface area contributed by atoms with E-state index in [9.17, 15) is 13.2 Å². The van der Waals surface area contributed by atoms with Gasteiger partial charge in [0.05, 0.1) is 5.56 Å². The van der Waals surface area contributed by atoms with Gasteiger partial charge in [0, 0.05) is 12.1 Å². The number of nitrogens with two attached hydrogens (primary N) is 1. The van der Waals surface area contributed by atoms with Crippen molar-refractivity contribution in [3.63, 3.8) is 0 Å². The van der Waals surface area contributed by atoms with Gasteiger partial charge >= 0.3 is 6.18 Å². The zero-order chi connectivity index (χ0) is 12.5. The smallest absolute Gasteiger partial charge is 0.417 e. The summed E-state index contributed by atoms with van der Waals surface area (Å²) in [6.45, 7) is 0.496. The summed E-state index contributed by atoms with van der Waals surface area (Å²) >= 11 is 0. The molecule has 1 unspecified atom stereocenters. The molecule has 0 spiro atoms. The lowest BCUT2D eigenvalue weighted by molar-refractivity contribution is -0.137. The van der Waals surface area contributed by atoms with Crippen LogP contribution < -0.4 is 5.73 Å². The lowest BCUT2D eigenvalue weighted by Gasteiger charge is -2.11. The van der Waals surface area contributed by atoms with Gasteiger partial charge in [0.25, 0.3) is 0 Å². The summed E-state index contributed by atoms with van der Waals surface area (Å²) in [4.78, 5) is 4.02. The van der Waals surface area contributed by atoms with Gasteiger partial charge in [0.2, 0.25) is 5.90 Å². The Labute approximate surface area is 96.1 Å². The Bertz CT molecular complexity index is 443. The fourth-order valence-corrected chi connectivity index (χ4v) is 1.60. The van der Waals surface area contributed by atoms with E-state index in [4.69, 9.17) is 10.5 Å². The number of benzene rings is 1. The van der Waals surface area contributed by atoms with Crippen LogP contribution in [0.4, 0.5) is 13.2 Å². The molecular formula is C11H11F3N2O. The van der Waals surface area contributed by atoms with E-state index in [1.807, 2.05) is 0 Å². The highest BCUT2D eigenvalue weighted by molar-refractivity contribution is 5.96. The second kappa shape index (κ2) is 4.37. The molecule has 92 valence electrons. The molecule has 3 nitrogen and oxygen atoms in total. The number of aliphatic imine (C=N–C) groups is 1. The number of hydrogen-bond donors (Lipinski definition) is 1. The molecule has 1 aliphatic heterocycles. The number of ether oxygens (including phenoxy) is 1. The zero-order valence-electron chi connectivity index (χ0n) is 8.87. The molecule has 1 atom stereocenters. The first-order valence-electron chi connectivity index (χ1n) is 5.09. The van der Waals surface area contributed by atoms with Gasteiger partial charge in [-0.05, 0) is 12.1 Å². The first kappa shape index (κ1) is 11.9. The standard InChI is InChI=1S/C11H11F3N2O/c12-11(13,14)9-4-2-1-3-8(9)10-16-7(5-15)6-17-10/h1-4,7H,5-6,15H2. The number of alkyl halides is 3. The molecule has 0 aromatic heterocycles. The van der Waals surface area contributed by atoms with Gasteiger partial charge < -0.3 is 10.5 Å². The molecule has 1 heterocycles. The lowest BCUT2D eigenvalue weighted by Crippen LogP contribution is -2.18. The molecule has 0 aliphatic carbocycles. The van der Waals surface area contributed by atoms with Gasteiger partial charge in [-0.3, -0.25) is 0 Å². The molecule has 1 aliphatic rings. The second-order valence-electron chi connectivity index (χ2n) is 3.68. The third kappa shape index (κ3) is 2.41.